The van der Waals surface area contributed by atoms with Gasteiger partial charge in [0.15, 0.2) is 12.3 Å². The minimum Gasteiger partial charge on any atom is -0.356 e. The molecule has 134 valence electrons. The number of hydrogen-bond acceptors (Lipinski definition) is 4. The van der Waals surface area contributed by atoms with Crippen molar-refractivity contribution in [1.82, 2.24) is 5.16 Å². The van der Waals surface area contributed by atoms with Crippen molar-refractivity contribution in [3.63, 3.8) is 0 Å². The lowest BCUT2D eigenvalue weighted by Crippen LogP contribution is -3.08. The fraction of sp³-hybridized carbons (Fsp3) is 0.200. The number of nitrogens with one attached hydrogen (secondary N) is 2. The van der Waals surface area contributed by atoms with Crippen LogP contribution in [0.3, 0.4) is 0 Å². The maximum Gasteiger partial charge on any atom is 0.279 e. The number of benzene rings is 2. The monoisotopic (exact) mass is 368 g/mol. The molecule has 1 atom stereocenters. The highest BCUT2D eigenvalue weighted by molar-refractivity contribution is 7.98. The van der Waals surface area contributed by atoms with Crippen molar-refractivity contribution >= 4 is 23.4 Å². The minimum atomic E-state index is -0.0178. The van der Waals surface area contributed by atoms with Crippen molar-refractivity contribution < 1.29 is 14.2 Å². The van der Waals surface area contributed by atoms with E-state index in [9.17, 15) is 4.79 Å². The number of carbonyl (C=O) groups excluding carboxylic acids is 1. The van der Waals surface area contributed by atoms with E-state index in [-0.39, 0.29) is 5.91 Å². The first-order valence-corrected chi connectivity index (χ1v) is 9.63. The topological polar surface area (TPSA) is 59.6 Å². The Balaban J connectivity index is 1.56. The number of anilines is 1. The molecule has 0 bridgehead atoms. The summed E-state index contributed by atoms with van der Waals surface area (Å²) in [6.07, 6.45) is 2.00. The number of carbonyl (C=O) groups is 1. The molecule has 0 spiro atoms. The first-order valence-electron chi connectivity index (χ1n) is 8.41. The van der Waals surface area contributed by atoms with Gasteiger partial charge < -0.3 is 14.7 Å². The normalized spacial score (nSPS) is 11.9. The smallest absolute Gasteiger partial charge is 0.279 e. The predicted octanol–water partition coefficient (Wildman–Crippen LogP) is 2.72. The zero-order valence-corrected chi connectivity index (χ0v) is 15.7. The lowest BCUT2D eigenvalue weighted by Gasteiger charge is -2.13. The van der Waals surface area contributed by atoms with Crippen molar-refractivity contribution in [1.29, 1.82) is 0 Å². The summed E-state index contributed by atoms with van der Waals surface area (Å²) < 4.78 is 5.42. The van der Waals surface area contributed by atoms with Crippen LogP contribution in [0.15, 0.2) is 70.1 Å². The first-order chi connectivity index (χ1) is 12.7. The lowest BCUT2D eigenvalue weighted by atomic mass is 10.1. The molecule has 1 unspecified atom stereocenters. The van der Waals surface area contributed by atoms with E-state index >= 15 is 0 Å². The maximum absolute atomic E-state index is 12.3. The summed E-state index contributed by atoms with van der Waals surface area (Å²) >= 11 is 1.62. The standard InChI is InChI=1S/C20H21N3O2S/c1-23(14-20(24)21-17-10-6-7-11-19(17)26-2)13-16-12-18(25-22-16)15-8-4-3-5-9-15/h3-12H,13-14H2,1-2H3,(H,21,24)/p+1. The van der Waals surface area contributed by atoms with Crippen LogP contribution >= 0.6 is 11.8 Å². The van der Waals surface area contributed by atoms with Crippen molar-refractivity contribution in [2.75, 3.05) is 25.2 Å². The molecule has 3 aromatic rings. The number of para-hydroxylation sites is 1. The molecule has 0 saturated heterocycles. The number of likely N-dealkylation sites (N-methyl/N-ethyl adjacent to an activating group) is 1. The Morgan fingerprint density at radius 1 is 1.15 bits per heavy atom. The number of nitrogens with zero attached hydrogens (tertiary/aromatic N) is 1. The number of rotatable bonds is 7. The Hall–Kier alpha value is -2.57. The fourth-order valence-corrected chi connectivity index (χ4v) is 3.28. The third-order valence-corrected chi connectivity index (χ3v) is 4.74. The van der Waals surface area contributed by atoms with Gasteiger partial charge in [0.05, 0.1) is 12.7 Å². The third kappa shape index (κ3) is 4.74. The molecule has 5 nitrogen and oxygen atoms in total. The summed E-state index contributed by atoms with van der Waals surface area (Å²) in [7, 11) is 1.97. The van der Waals surface area contributed by atoms with Gasteiger partial charge in [-0.25, -0.2) is 0 Å². The Morgan fingerprint density at radius 2 is 1.88 bits per heavy atom. The van der Waals surface area contributed by atoms with E-state index in [2.05, 4.69) is 10.5 Å². The van der Waals surface area contributed by atoms with E-state index in [1.165, 1.54) is 0 Å². The predicted molar refractivity (Wildman–Crippen MR) is 104 cm³/mol. The summed E-state index contributed by atoms with van der Waals surface area (Å²) in [6, 6.07) is 19.6. The van der Waals surface area contributed by atoms with E-state index in [0.717, 1.165) is 32.5 Å². The third-order valence-electron chi connectivity index (χ3n) is 3.94. The second kappa shape index (κ2) is 8.69. The highest BCUT2D eigenvalue weighted by atomic mass is 32.2. The van der Waals surface area contributed by atoms with Gasteiger partial charge in [-0.3, -0.25) is 4.79 Å². The summed E-state index contributed by atoms with van der Waals surface area (Å²) in [4.78, 5) is 14.4. The second-order valence-corrected chi connectivity index (χ2v) is 6.96. The number of thioether (sulfide) groups is 1. The SMILES string of the molecule is CSc1ccccc1NC(=O)C[NH+](C)Cc1cc(-c2ccccc2)on1. The zero-order chi connectivity index (χ0) is 18.4. The molecule has 0 aliphatic heterocycles. The molecule has 1 aromatic heterocycles. The van der Waals surface area contributed by atoms with Crippen molar-refractivity contribution in [3.8, 4) is 11.3 Å². The Bertz CT molecular complexity index is 864. The van der Waals surface area contributed by atoms with E-state index in [1.807, 2.05) is 74.0 Å². The largest absolute Gasteiger partial charge is 0.356 e. The van der Waals surface area contributed by atoms with Crippen LogP contribution in [-0.4, -0.2) is 30.9 Å². The van der Waals surface area contributed by atoms with Gasteiger partial charge in [0.1, 0.15) is 12.2 Å². The van der Waals surface area contributed by atoms with E-state index < -0.39 is 0 Å². The first kappa shape index (κ1) is 18.2. The minimum absolute atomic E-state index is 0.0178. The van der Waals surface area contributed by atoms with Crippen LogP contribution in [0.5, 0.6) is 0 Å². The summed E-state index contributed by atoms with van der Waals surface area (Å²) in [5.74, 6) is 0.725. The number of aromatic nitrogens is 1. The lowest BCUT2D eigenvalue weighted by molar-refractivity contribution is -0.885. The van der Waals surface area contributed by atoms with Gasteiger partial charge in [-0.1, -0.05) is 47.6 Å². The molecule has 0 aliphatic rings. The van der Waals surface area contributed by atoms with Crippen molar-refractivity contribution in [2.24, 2.45) is 0 Å². The van der Waals surface area contributed by atoms with Crippen LogP contribution in [0.25, 0.3) is 11.3 Å². The molecule has 3 rings (SSSR count). The van der Waals surface area contributed by atoms with E-state index in [0.29, 0.717) is 13.1 Å². The van der Waals surface area contributed by atoms with Gasteiger partial charge in [0.25, 0.3) is 5.91 Å². The average Bonchev–Trinajstić information content (AvgIpc) is 3.11. The molecule has 1 heterocycles. The Labute approximate surface area is 157 Å². The number of hydrogen-bond donors (Lipinski definition) is 2. The van der Waals surface area contributed by atoms with Gasteiger partial charge >= 0.3 is 0 Å². The van der Waals surface area contributed by atoms with Crippen LogP contribution in [0.2, 0.25) is 0 Å². The average molecular weight is 368 g/mol. The van der Waals surface area contributed by atoms with Gasteiger partial charge in [-0.05, 0) is 18.4 Å². The van der Waals surface area contributed by atoms with Gasteiger partial charge in [-0.15, -0.1) is 11.8 Å². The number of amides is 1. The molecule has 0 fully saturated rings. The fourth-order valence-electron chi connectivity index (χ4n) is 2.72. The Morgan fingerprint density at radius 3 is 2.65 bits per heavy atom. The molecular formula is C20H22N3O2S+. The maximum atomic E-state index is 12.3. The van der Waals surface area contributed by atoms with Crippen molar-refractivity contribution in [2.45, 2.75) is 11.4 Å². The van der Waals surface area contributed by atoms with Gasteiger partial charge in [-0.2, -0.15) is 0 Å². The molecule has 26 heavy (non-hydrogen) atoms. The van der Waals surface area contributed by atoms with E-state index in [1.54, 1.807) is 11.8 Å². The molecule has 2 N–H and O–H groups in total. The van der Waals surface area contributed by atoms with Crippen LogP contribution in [0.1, 0.15) is 5.69 Å². The quantitative estimate of drug-likeness (QED) is 0.630. The molecule has 6 heteroatoms. The molecule has 1 amide bonds. The Kier molecular flexibility index (Phi) is 6.09. The summed E-state index contributed by atoms with van der Waals surface area (Å²) in [5, 5.41) is 7.11. The van der Waals surface area contributed by atoms with Crippen LogP contribution in [0.4, 0.5) is 5.69 Å². The molecule has 0 aliphatic carbocycles. The molecular weight excluding hydrogens is 346 g/mol. The summed E-state index contributed by atoms with van der Waals surface area (Å²) in [6.45, 7) is 0.976. The zero-order valence-electron chi connectivity index (χ0n) is 14.9. The highest BCUT2D eigenvalue weighted by Crippen LogP contribution is 2.24. The molecule has 0 radical (unpaired) electrons. The summed E-state index contributed by atoms with van der Waals surface area (Å²) in [5.41, 5.74) is 2.68. The van der Waals surface area contributed by atoms with Crippen LogP contribution in [-0.2, 0) is 11.3 Å². The highest BCUT2D eigenvalue weighted by Gasteiger charge is 2.15. The molecule has 0 saturated carbocycles. The van der Waals surface area contributed by atoms with Gasteiger partial charge in [0.2, 0.25) is 0 Å². The van der Waals surface area contributed by atoms with Crippen LogP contribution < -0.4 is 10.2 Å². The van der Waals surface area contributed by atoms with Gasteiger partial charge in [0, 0.05) is 16.5 Å². The van der Waals surface area contributed by atoms with E-state index in [4.69, 9.17) is 4.52 Å². The van der Waals surface area contributed by atoms with Crippen LogP contribution in [0, 0.1) is 0 Å². The molecule has 2 aromatic carbocycles. The second-order valence-electron chi connectivity index (χ2n) is 6.11. The number of quaternary nitrogens is 1. The van der Waals surface area contributed by atoms with Crippen molar-refractivity contribution in [3.05, 3.63) is 66.4 Å².